The summed E-state index contributed by atoms with van der Waals surface area (Å²) in [5.41, 5.74) is 1.19. The van der Waals surface area contributed by atoms with Crippen molar-refractivity contribution < 1.29 is 13.9 Å². The zero-order chi connectivity index (χ0) is 19.2. The van der Waals surface area contributed by atoms with Crippen molar-refractivity contribution in [3.05, 3.63) is 74.8 Å². The number of nitrogens with zero attached hydrogens (tertiary/aromatic N) is 1. The normalized spacial score (nSPS) is 12.1. The average Bonchev–Trinajstić information content (AvgIpc) is 3.33. The predicted octanol–water partition coefficient (Wildman–Crippen LogP) is 4.72. The highest BCUT2D eigenvalue weighted by Gasteiger charge is 2.18. The molecule has 0 aliphatic rings. The van der Waals surface area contributed by atoms with E-state index in [1.165, 1.54) is 5.56 Å². The fourth-order valence-electron chi connectivity index (χ4n) is 2.60. The van der Waals surface area contributed by atoms with Gasteiger partial charge in [0.2, 0.25) is 0 Å². The Morgan fingerprint density at radius 3 is 2.67 bits per heavy atom. The van der Waals surface area contributed by atoms with Crippen LogP contribution in [0.2, 0.25) is 0 Å². The molecular weight excluding hydrogens is 428 g/mol. The molecule has 0 fully saturated rings. The number of rotatable bonds is 8. The summed E-state index contributed by atoms with van der Waals surface area (Å²) in [5.74, 6) is 1.40. The Balaban J connectivity index is 1.54. The van der Waals surface area contributed by atoms with E-state index < -0.39 is 0 Å². The molecule has 2 aromatic heterocycles. The van der Waals surface area contributed by atoms with Crippen LogP contribution in [-0.4, -0.2) is 31.4 Å². The second kappa shape index (κ2) is 9.21. The Labute approximate surface area is 171 Å². The minimum atomic E-state index is -0.230. The van der Waals surface area contributed by atoms with E-state index in [1.54, 1.807) is 23.5 Å². The minimum Gasteiger partial charge on any atom is -0.486 e. The molecule has 0 spiro atoms. The number of nitrogens with one attached hydrogen (secondary N) is 1. The van der Waals surface area contributed by atoms with Crippen LogP contribution in [0.15, 0.2) is 62.1 Å². The van der Waals surface area contributed by atoms with E-state index in [2.05, 4.69) is 37.6 Å². The van der Waals surface area contributed by atoms with Gasteiger partial charge in [-0.15, -0.1) is 0 Å². The largest absolute Gasteiger partial charge is 0.486 e. The number of benzene rings is 1. The maximum absolute atomic E-state index is 12.4. The number of amides is 1. The maximum atomic E-state index is 12.4. The number of halogens is 1. The van der Waals surface area contributed by atoms with Gasteiger partial charge in [-0.25, -0.2) is 0 Å². The highest BCUT2D eigenvalue weighted by atomic mass is 79.9. The highest BCUT2D eigenvalue weighted by Crippen LogP contribution is 2.21. The third-order valence-electron chi connectivity index (χ3n) is 4.09. The molecule has 0 bridgehead atoms. The first-order valence-corrected chi connectivity index (χ1v) is 10.2. The van der Waals surface area contributed by atoms with E-state index in [9.17, 15) is 4.79 Å². The third kappa shape index (κ3) is 5.45. The zero-order valence-corrected chi connectivity index (χ0v) is 17.5. The molecule has 1 aromatic carbocycles. The van der Waals surface area contributed by atoms with Crippen LogP contribution in [0.1, 0.15) is 27.9 Å². The van der Waals surface area contributed by atoms with Crippen molar-refractivity contribution >= 4 is 33.2 Å². The number of hydrogen-bond donors (Lipinski definition) is 1. The van der Waals surface area contributed by atoms with Crippen LogP contribution in [0.4, 0.5) is 0 Å². The molecule has 1 amide bonds. The summed E-state index contributed by atoms with van der Waals surface area (Å²) < 4.78 is 12.3. The van der Waals surface area contributed by atoms with Crippen molar-refractivity contribution in [2.24, 2.45) is 0 Å². The Kier molecular flexibility index (Phi) is 6.71. The first-order chi connectivity index (χ1) is 13.0. The van der Waals surface area contributed by atoms with E-state index >= 15 is 0 Å². The van der Waals surface area contributed by atoms with E-state index in [0.717, 1.165) is 10.2 Å². The fraction of sp³-hybridized carbons (Fsp3) is 0.250. The summed E-state index contributed by atoms with van der Waals surface area (Å²) in [7, 11) is 4.00. The lowest BCUT2D eigenvalue weighted by Crippen LogP contribution is -2.34. The van der Waals surface area contributed by atoms with E-state index in [-0.39, 0.29) is 24.3 Å². The van der Waals surface area contributed by atoms with Gasteiger partial charge in [0.1, 0.15) is 18.1 Å². The highest BCUT2D eigenvalue weighted by molar-refractivity contribution is 9.10. The molecule has 0 radical (unpaired) electrons. The number of hydrogen-bond acceptors (Lipinski definition) is 5. The number of carbonyl (C=O) groups is 1. The first kappa shape index (κ1) is 19.7. The van der Waals surface area contributed by atoms with Crippen LogP contribution in [0.5, 0.6) is 5.75 Å². The van der Waals surface area contributed by atoms with Gasteiger partial charge in [0.05, 0.1) is 6.04 Å². The second-order valence-electron chi connectivity index (χ2n) is 6.25. The first-order valence-electron chi connectivity index (χ1n) is 8.46. The molecule has 1 N–H and O–H groups in total. The van der Waals surface area contributed by atoms with Crippen molar-refractivity contribution in [2.75, 3.05) is 20.6 Å². The lowest BCUT2D eigenvalue weighted by atomic mass is 10.1. The van der Waals surface area contributed by atoms with Crippen molar-refractivity contribution in [3.63, 3.8) is 0 Å². The molecule has 27 heavy (non-hydrogen) atoms. The number of thiophene rings is 1. The zero-order valence-electron chi connectivity index (χ0n) is 15.1. The Morgan fingerprint density at radius 1 is 1.22 bits per heavy atom. The van der Waals surface area contributed by atoms with Gasteiger partial charge < -0.3 is 19.4 Å². The predicted molar refractivity (Wildman–Crippen MR) is 110 cm³/mol. The molecular formula is C20H21BrN2O3S. The summed E-state index contributed by atoms with van der Waals surface area (Å²) >= 11 is 5.04. The van der Waals surface area contributed by atoms with Crippen LogP contribution in [0.3, 0.4) is 0 Å². The van der Waals surface area contributed by atoms with Crippen molar-refractivity contribution in [3.8, 4) is 5.75 Å². The van der Waals surface area contributed by atoms with Gasteiger partial charge >= 0.3 is 0 Å². The van der Waals surface area contributed by atoms with E-state index in [4.69, 9.17) is 9.15 Å². The van der Waals surface area contributed by atoms with Crippen LogP contribution in [-0.2, 0) is 6.61 Å². The lowest BCUT2D eigenvalue weighted by molar-refractivity contribution is 0.0910. The van der Waals surface area contributed by atoms with Crippen LogP contribution < -0.4 is 10.1 Å². The van der Waals surface area contributed by atoms with E-state index in [1.807, 2.05) is 43.7 Å². The molecule has 2 heterocycles. The quantitative estimate of drug-likeness (QED) is 0.541. The molecule has 142 valence electrons. The summed E-state index contributed by atoms with van der Waals surface area (Å²) in [6.45, 7) is 0.776. The van der Waals surface area contributed by atoms with Gasteiger partial charge in [-0.05, 0) is 72.9 Å². The molecule has 3 rings (SSSR count). The smallest absolute Gasteiger partial charge is 0.287 e. The number of ether oxygens (including phenoxy) is 1. The molecule has 7 heteroatoms. The van der Waals surface area contributed by atoms with Crippen molar-refractivity contribution in [1.82, 2.24) is 10.2 Å². The fourth-order valence-corrected chi connectivity index (χ4v) is 3.57. The Bertz CT molecular complexity index is 860. The van der Waals surface area contributed by atoms with Crippen molar-refractivity contribution in [2.45, 2.75) is 12.6 Å². The molecule has 1 atom stereocenters. The van der Waals surface area contributed by atoms with Gasteiger partial charge in [0.25, 0.3) is 5.91 Å². The molecule has 0 saturated heterocycles. The SMILES string of the molecule is CN(C)C(CNC(=O)c1ccc(COc2ccc(Br)cc2)o1)c1ccsc1. The standard InChI is InChI=1S/C20H21BrN2O3S/c1-23(2)18(14-9-10-27-13-14)11-22-20(24)19-8-7-17(26-19)12-25-16-5-3-15(21)4-6-16/h3-10,13,18H,11-12H2,1-2H3,(H,22,24). The summed E-state index contributed by atoms with van der Waals surface area (Å²) in [6.07, 6.45) is 0. The lowest BCUT2D eigenvalue weighted by Gasteiger charge is -2.23. The van der Waals surface area contributed by atoms with Crippen LogP contribution in [0, 0.1) is 0 Å². The molecule has 0 aliphatic carbocycles. The van der Waals surface area contributed by atoms with Crippen molar-refractivity contribution in [1.29, 1.82) is 0 Å². The number of carbonyl (C=O) groups excluding carboxylic acids is 1. The third-order valence-corrected chi connectivity index (χ3v) is 5.32. The molecule has 5 nitrogen and oxygen atoms in total. The molecule has 1 unspecified atom stereocenters. The summed E-state index contributed by atoms with van der Waals surface area (Å²) in [6, 6.07) is 13.2. The van der Waals surface area contributed by atoms with E-state index in [0.29, 0.717) is 12.3 Å². The van der Waals surface area contributed by atoms with Crippen LogP contribution >= 0.6 is 27.3 Å². The summed E-state index contributed by atoms with van der Waals surface area (Å²) in [5, 5.41) is 7.08. The van der Waals surface area contributed by atoms with Gasteiger partial charge in [-0.2, -0.15) is 11.3 Å². The monoisotopic (exact) mass is 448 g/mol. The summed E-state index contributed by atoms with van der Waals surface area (Å²) in [4.78, 5) is 14.5. The van der Waals surface area contributed by atoms with Gasteiger partial charge in [-0.3, -0.25) is 4.79 Å². The van der Waals surface area contributed by atoms with Gasteiger partial charge in [0, 0.05) is 11.0 Å². The van der Waals surface area contributed by atoms with Gasteiger partial charge in [-0.1, -0.05) is 15.9 Å². The topological polar surface area (TPSA) is 54.7 Å². The number of furan rings is 1. The maximum Gasteiger partial charge on any atom is 0.287 e. The minimum absolute atomic E-state index is 0.121. The average molecular weight is 449 g/mol. The molecule has 0 aliphatic heterocycles. The van der Waals surface area contributed by atoms with Gasteiger partial charge in [0.15, 0.2) is 5.76 Å². The number of likely N-dealkylation sites (N-methyl/N-ethyl adjacent to an activating group) is 1. The van der Waals surface area contributed by atoms with Crippen LogP contribution in [0.25, 0.3) is 0 Å². The Hall–Kier alpha value is -2.09. The Morgan fingerprint density at radius 2 is 2.00 bits per heavy atom. The molecule has 0 saturated carbocycles. The molecule has 3 aromatic rings. The second-order valence-corrected chi connectivity index (χ2v) is 7.95.